The minimum Gasteiger partial charge on any atom is -0.320 e. The van der Waals surface area contributed by atoms with Crippen molar-refractivity contribution in [2.75, 3.05) is 6.54 Å². The number of nitrogens with two attached hydrogens (primary N) is 1. The average Bonchev–Trinajstić information content (AvgIpc) is 2.96. The number of hydrogen-bond donors (Lipinski definition) is 2. The largest absolute Gasteiger partial charge is 0.320 e. The van der Waals surface area contributed by atoms with Crippen molar-refractivity contribution < 1.29 is 8.42 Å². The third kappa shape index (κ3) is 4.12. The zero-order valence-electron chi connectivity index (χ0n) is 11.5. The number of rotatable bonds is 4. The van der Waals surface area contributed by atoms with Crippen molar-refractivity contribution in [3.63, 3.8) is 0 Å². The molecule has 1 aromatic heterocycles. The van der Waals surface area contributed by atoms with Crippen molar-refractivity contribution in [1.82, 2.24) is 9.71 Å². The van der Waals surface area contributed by atoms with E-state index in [1.807, 2.05) is 6.92 Å². The predicted octanol–water partition coefficient (Wildman–Crippen LogP) is 1.24. The highest BCUT2D eigenvalue weighted by molar-refractivity contribution is 7.89. The highest BCUT2D eigenvalue weighted by atomic mass is 32.2. The number of aryl methyl sites for hydroxylation is 1. The molecular formula is C14H15N3O2S2. The summed E-state index contributed by atoms with van der Waals surface area (Å²) < 4.78 is 27.4. The molecule has 7 heteroatoms. The van der Waals surface area contributed by atoms with Crippen LogP contribution in [-0.4, -0.2) is 19.9 Å². The topological polar surface area (TPSA) is 85.1 Å². The van der Waals surface area contributed by atoms with Crippen LogP contribution in [0.15, 0.2) is 34.8 Å². The molecule has 21 heavy (non-hydrogen) atoms. The number of sulfonamides is 1. The van der Waals surface area contributed by atoms with Crippen LogP contribution in [0.25, 0.3) is 0 Å². The van der Waals surface area contributed by atoms with E-state index in [-0.39, 0.29) is 18.0 Å². The molecule has 1 aromatic carbocycles. The molecule has 0 spiro atoms. The SMILES string of the molecule is Cc1ccc(S(=O)(=O)NCc2cncs2)c(C#CCN)c1. The molecule has 0 aliphatic heterocycles. The van der Waals surface area contributed by atoms with Gasteiger partial charge < -0.3 is 5.73 Å². The number of aromatic nitrogens is 1. The van der Waals surface area contributed by atoms with Gasteiger partial charge in [-0.2, -0.15) is 0 Å². The standard InChI is InChI=1S/C14H15N3O2S2/c1-11-4-5-14(12(7-11)3-2-6-15)21(18,19)17-9-13-8-16-10-20-13/h4-5,7-8,10,17H,6,9,15H2,1H3. The van der Waals surface area contributed by atoms with Gasteiger partial charge in [-0.1, -0.05) is 17.9 Å². The minimum absolute atomic E-state index is 0.165. The summed E-state index contributed by atoms with van der Waals surface area (Å²) in [6.45, 7) is 2.28. The summed E-state index contributed by atoms with van der Waals surface area (Å²) in [6.07, 6.45) is 1.64. The Labute approximate surface area is 128 Å². The fourth-order valence-electron chi connectivity index (χ4n) is 1.70. The number of hydrogen-bond acceptors (Lipinski definition) is 5. The monoisotopic (exact) mass is 321 g/mol. The lowest BCUT2D eigenvalue weighted by Crippen LogP contribution is -2.23. The Kier molecular flexibility index (Phi) is 5.09. The zero-order chi connectivity index (χ0) is 15.3. The first-order chi connectivity index (χ1) is 10.0. The van der Waals surface area contributed by atoms with Crippen LogP contribution in [0, 0.1) is 18.8 Å². The van der Waals surface area contributed by atoms with Crippen molar-refractivity contribution in [3.05, 3.63) is 45.9 Å². The lowest BCUT2D eigenvalue weighted by Gasteiger charge is -2.08. The highest BCUT2D eigenvalue weighted by Gasteiger charge is 2.17. The molecule has 0 amide bonds. The molecule has 2 rings (SSSR count). The van der Waals surface area contributed by atoms with E-state index in [0.29, 0.717) is 5.56 Å². The molecule has 0 fully saturated rings. The molecule has 0 aliphatic carbocycles. The predicted molar refractivity (Wildman–Crippen MR) is 83.3 cm³/mol. The van der Waals surface area contributed by atoms with Gasteiger partial charge in [0.1, 0.15) is 0 Å². The Morgan fingerprint density at radius 2 is 2.24 bits per heavy atom. The van der Waals surface area contributed by atoms with Gasteiger partial charge in [-0.25, -0.2) is 13.1 Å². The first-order valence-corrected chi connectivity index (χ1v) is 8.56. The maximum Gasteiger partial charge on any atom is 0.242 e. The fourth-order valence-corrected chi connectivity index (χ4v) is 3.47. The van der Waals surface area contributed by atoms with E-state index in [2.05, 4.69) is 21.5 Å². The molecular weight excluding hydrogens is 306 g/mol. The molecule has 3 N–H and O–H groups in total. The van der Waals surface area contributed by atoms with E-state index in [4.69, 9.17) is 5.73 Å². The second-order valence-corrected chi connectivity index (χ2v) is 7.00. The van der Waals surface area contributed by atoms with Crippen LogP contribution in [0.4, 0.5) is 0 Å². The van der Waals surface area contributed by atoms with Crippen LogP contribution >= 0.6 is 11.3 Å². The number of thiazole rings is 1. The molecule has 0 bridgehead atoms. The summed E-state index contributed by atoms with van der Waals surface area (Å²) in [7, 11) is -3.63. The van der Waals surface area contributed by atoms with Crippen molar-refractivity contribution in [3.8, 4) is 11.8 Å². The summed E-state index contributed by atoms with van der Waals surface area (Å²) in [5, 5.41) is 0. The zero-order valence-corrected chi connectivity index (χ0v) is 13.1. The molecule has 0 aliphatic rings. The van der Waals surface area contributed by atoms with E-state index in [1.165, 1.54) is 11.3 Å². The Hall–Kier alpha value is -1.72. The maximum atomic E-state index is 12.4. The fraction of sp³-hybridized carbons (Fsp3) is 0.214. The van der Waals surface area contributed by atoms with E-state index in [9.17, 15) is 8.42 Å². The van der Waals surface area contributed by atoms with Crippen LogP contribution < -0.4 is 10.5 Å². The van der Waals surface area contributed by atoms with Gasteiger partial charge >= 0.3 is 0 Å². The number of nitrogens with zero attached hydrogens (tertiary/aromatic N) is 1. The van der Waals surface area contributed by atoms with Crippen molar-refractivity contribution in [1.29, 1.82) is 0 Å². The van der Waals surface area contributed by atoms with Gasteiger partial charge in [0.05, 0.1) is 17.0 Å². The van der Waals surface area contributed by atoms with Gasteiger partial charge in [0.2, 0.25) is 10.0 Å². The number of nitrogens with one attached hydrogen (secondary N) is 1. The molecule has 5 nitrogen and oxygen atoms in total. The smallest absolute Gasteiger partial charge is 0.242 e. The highest BCUT2D eigenvalue weighted by Crippen LogP contribution is 2.17. The second-order valence-electron chi connectivity index (χ2n) is 4.30. The van der Waals surface area contributed by atoms with E-state index in [0.717, 1.165) is 10.4 Å². The Bertz CT molecular complexity index is 772. The molecule has 1 heterocycles. The van der Waals surface area contributed by atoms with Gasteiger partial charge in [0, 0.05) is 23.2 Å². The van der Waals surface area contributed by atoms with E-state index < -0.39 is 10.0 Å². The van der Waals surface area contributed by atoms with Crippen LogP contribution in [0.1, 0.15) is 16.0 Å². The minimum atomic E-state index is -3.63. The average molecular weight is 321 g/mol. The Morgan fingerprint density at radius 3 is 2.90 bits per heavy atom. The third-order valence-corrected chi connectivity index (χ3v) is 4.91. The quantitative estimate of drug-likeness (QED) is 0.830. The summed E-state index contributed by atoms with van der Waals surface area (Å²) >= 11 is 1.40. The molecule has 0 atom stereocenters. The molecule has 2 aromatic rings. The van der Waals surface area contributed by atoms with Crippen molar-refractivity contribution in [2.45, 2.75) is 18.4 Å². The van der Waals surface area contributed by atoms with Crippen molar-refractivity contribution in [2.24, 2.45) is 5.73 Å². The van der Waals surface area contributed by atoms with Gasteiger partial charge in [-0.05, 0) is 24.6 Å². The van der Waals surface area contributed by atoms with E-state index >= 15 is 0 Å². The Balaban J connectivity index is 2.30. The summed E-state index contributed by atoms with van der Waals surface area (Å²) in [6, 6.07) is 5.05. The lowest BCUT2D eigenvalue weighted by atomic mass is 10.1. The first-order valence-electron chi connectivity index (χ1n) is 6.19. The lowest BCUT2D eigenvalue weighted by molar-refractivity contribution is 0.581. The van der Waals surface area contributed by atoms with Crippen molar-refractivity contribution >= 4 is 21.4 Å². The molecule has 0 saturated carbocycles. The molecule has 0 unspecified atom stereocenters. The van der Waals surface area contributed by atoms with Gasteiger partial charge in [0.15, 0.2) is 0 Å². The summed E-state index contributed by atoms with van der Waals surface area (Å²) in [4.78, 5) is 4.93. The van der Waals surface area contributed by atoms with Gasteiger partial charge in [-0.15, -0.1) is 11.3 Å². The summed E-state index contributed by atoms with van der Waals surface area (Å²) in [5.41, 5.74) is 8.41. The van der Waals surface area contributed by atoms with Crippen LogP contribution in [-0.2, 0) is 16.6 Å². The van der Waals surface area contributed by atoms with Gasteiger partial charge in [-0.3, -0.25) is 4.98 Å². The first kappa shape index (κ1) is 15.7. The van der Waals surface area contributed by atoms with Crippen LogP contribution in [0.3, 0.4) is 0 Å². The third-order valence-electron chi connectivity index (χ3n) is 2.67. The molecule has 0 radical (unpaired) electrons. The molecule has 110 valence electrons. The second kappa shape index (κ2) is 6.83. The maximum absolute atomic E-state index is 12.4. The van der Waals surface area contributed by atoms with Crippen LogP contribution in [0.5, 0.6) is 0 Å². The summed E-state index contributed by atoms with van der Waals surface area (Å²) in [5.74, 6) is 5.50. The molecule has 0 saturated heterocycles. The van der Waals surface area contributed by atoms with E-state index in [1.54, 1.807) is 29.9 Å². The van der Waals surface area contributed by atoms with Gasteiger partial charge in [0.25, 0.3) is 0 Å². The number of benzene rings is 1. The normalized spacial score (nSPS) is 11.0. The van der Waals surface area contributed by atoms with Crippen LogP contribution in [0.2, 0.25) is 0 Å². The Morgan fingerprint density at radius 1 is 1.43 bits per heavy atom.